The van der Waals surface area contributed by atoms with Crippen molar-refractivity contribution in [3.8, 4) is 0 Å². The first kappa shape index (κ1) is 14.8. The molecule has 2 N–H and O–H groups in total. The summed E-state index contributed by atoms with van der Waals surface area (Å²) in [4.78, 5) is 12.4. The number of hydrogen-bond acceptors (Lipinski definition) is 5. The Morgan fingerprint density at radius 2 is 2.18 bits per heavy atom. The first-order valence-corrected chi connectivity index (χ1v) is 8.25. The van der Waals surface area contributed by atoms with Crippen LogP contribution in [0.15, 0.2) is 36.0 Å². The van der Waals surface area contributed by atoms with Crippen LogP contribution in [0.25, 0.3) is 0 Å². The molecule has 0 spiro atoms. The zero-order valence-corrected chi connectivity index (χ0v) is 13.1. The molecule has 0 radical (unpaired) electrons. The van der Waals surface area contributed by atoms with Gasteiger partial charge in [-0.15, -0.1) is 16.8 Å². The smallest absolute Gasteiger partial charge is 0.222 e. The lowest BCUT2D eigenvalue weighted by Gasteiger charge is -2.06. The van der Waals surface area contributed by atoms with E-state index in [-0.39, 0.29) is 5.78 Å². The van der Waals surface area contributed by atoms with Crippen molar-refractivity contribution < 1.29 is 4.79 Å². The summed E-state index contributed by atoms with van der Waals surface area (Å²) in [5.74, 6) is 0.771. The third-order valence-corrected chi connectivity index (χ3v) is 4.78. The molecule has 0 fully saturated rings. The van der Waals surface area contributed by atoms with Crippen LogP contribution in [0.4, 0.5) is 5.95 Å². The number of anilines is 1. The molecule has 2 aromatic rings. The summed E-state index contributed by atoms with van der Waals surface area (Å²) in [6.07, 6.45) is 5.12. The molecule has 3 rings (SSSR count). The fraction of sp³-hybridized carbons (Fsp3) is 0.312. The largest absolute Gasteiger partial charge is 0.368 e. The van der Waals surface area contributed by atoms with E-state index >= 15 is 0 Å². The van der Waals surface area contributed by atoms with Crippen LogP contribution in [0.2, 0.25) is 0 Å². The van der Waals surface area contributed by atoms with Crippen LogP contribution in [0, 0.1) is 0 Å². The maximum absolute atomic E-state index is 12.4. The second-order valence-corrected chi connectivity index (χ2v) is 6.23. The van der Waals surface area contributed by atoms with Gasteiger partial charge in [0.2, 0.25) is 5.95 Å². The van der Waals surface area contributed by atoms with E-state index in [0.717, 1.165) is 18.4 Å². The molecule has 0 atom stereocenters. The topological polar surface area (TPSA) is 73.8 Å². The summed E-state index contributed by atoms with van der Waals surface area (Å²) in [7, 11) is 0. The minimum Gasteiger partial charge on any atom is -0.368 e. The highest BCUT2D eigenvalue weighted by atomic mass is 32.2. The molecule has 22 heavy (non-hydrogen) atoms. The highest BCUT2D eigenvalue weighted by Crippen LogP contribution is 2.24. The summed E-state index contributed by atoms with van der Waals surface area (Å²) < 4.78 is 1.74. The summed E-state index contributed by atoms with van der Waals surface area (Å²) in [6.45, 7) is 4.22. The molecule has 1 aromatic heterocycles. The molecular weight excluding hydrogens is 296 g/mol. The van der Waals surface area contributed by atoms with Gasteiger partial charge in [0.1, 0.15) is 0 Å². The zero-order chi connectivity index (χ0) is 15.5. The number of ketones is 1. The maximum Gasteiger partial charge on any atom is 0.222 e. The number of fused-ring (bicyclic) bond motifs is 1. The van der Waals surface area contributed by atoms with E-state index < -0.39 is 0 Å². The van der Waals surface area contributed by atoms with Crippen molar-refractivity contribution in [2.45, 2.75) is 31.0 Å². The quantitative estimate of drug-likeness (QED) is 0.504. The van der Waals surface area contributed by atoms with Gasteiger partial charge in [-0.25, -0.2) is 0 Å². The predicted octanol–water partition coefficient (Wildman–Crippen LogP) is 2.51. The first-order chi connectivity index (χ1) is 10.7. The number of rotatable bonds is 6. The van der Waals surface area contributed by atoms with Crippen molar-refractivity contribution in [1.29, 1.82) is 0 Å². The monoisotopic (exact) mass is 314 g/mol. The lowest BCUT2D eigenvalue weighted by atomic mass is 10.0. The highest BCUT2D eigenvalue weighted by molar-refractivity contribution is 7.99. The second-order valence-electron chi connectivity index (χ2n) is 5.29. The molecule has 5 nitrogen and oxygen atoms in total. The molecule has 0 saturated carbocycles. The van der Waals surface area contributed by atoms with Gasteiger partial charge in [-0.3, -0.25) is 9.36 Å². The average molecular weight is 314 g/mol. The summed E-state index contributed by atoms with van der Waals surface area (Å²) >= 11 is 1.36. The molecule has 6 heteroatoms. The number of nitrogens with zero attached hydrogens (tertiary/aromatic N) is 3. The Bertz CT molecular complexity index is 723. The van der Waals surface area contributed by atoms with Gasteiger partial charge >= 0.3 is 0 Å². The Balaban J connectivity index is 1.69. The third kappa shape index (κ3) is 2.92. The third-order valence-electron chi connectivity index (χ3n) is 3.81. The maximum atomic E-state index is 12.4. The number of nitrogen functional groups attached to an aromatic ring is 1. The predicted molar refractivity (Wildman–Crippen MR) is 88.2 cm³/mol. The average Bonchev–Trinajstić information content (AvgIpc) is 3.12. The number of carbonyl (C=O) groups excluding carboxylic acids is 1. The van der Waals surface area contributed by atoms with E-state index in [1.807, 2.05) is 12.1 Å². The van der Waals surface area contributed by atoms with Crippen LogP contribution >= 0.6 is 11.8 Å². The lowest BCUT2D eigenvalue weighted by Crippen LogP contribution is -2.06. The van der Waals surface area contributed by atoms with Crippen LogP contribution in [0.1, 0.15) is 27.9 Å². The molecule has 1 aliphatic rings. The zero-order valence-electron chi connectivity index (χ0n) is 12.3. The summed E-state index contributed by atoms with van der Waals surface area (Å²) in [6, 6.07) is 6.04. The molecule has 0 aliphatic heterocycles. The Morgan fingerprint density at radius 1 is 1.36 bits per heavy atom. The van der Waals surface area contributed by atoms with E-state index in [1.165, 1.54) is 29.3 Å². The Kier molecular flexibility index (Phi) is 4.29. The Hall–Kier alpha value is -2.08. The van der Waals surface area contributed by atoms with Crippen LogP contribution in [-0.2, 0) is 19.4 Å². The number of benzene rings is 1. The number of allylic oxidation sites excluding steroid dienone is 1. The van der Waals surface area contributed by atoms with Crippen LogP contribution in [0.3, 0.4) is 0 Å². The molecule has 114 valence electrons. The molecule has 0 amide bonds. The number of aromatic nitrogens is 3. The fourth-order valence-electron chi connectivity index (χ4n) is 2.67. The standard InChI is InChI=1S/C16H18N4OS/c1-2-8-20-15(17)18-19-16(20)22-10-14(21)13-7-6-11-4-3-5-12(11)9-13/h2,6-7,9H,1,3-5,8,10H2,(H2,17,18). The first-order valence-electron chi connectivity index (χ1n) is 7.26. The van der Waals surface area contributed by atoms with Crippen LogP contribution in [0.5, 0.6) is 0 Å². The minimum atomic E-state index is 0.103. The van der Waals surface area contributed by atoms with Crippen molar-refractivity contribution in [2.24, 2.45) is 0 Å². The number of Topliss-reactive ketones (excluding diaryl/α,β-unsaturated/α-hetero) is 1. The van der Waals surface area contributed by atoms with E-state index in [0.29, 0.717) is 23.4 Å². The fourth-order valence-corrected chi connectivity index (χ4v) is 3.52. The number of nitrogens with two attached hydrogens (primary N) is 1. The molecule has 1 aliphatic carbocycles. The molecular formula is C16H18N4OS. The normalized spacial score (nSPS) is 13.1. The van der Waals surface area contributed by atoms with E-state index in [1.54, 1.807) is 10.6 Å². The van der Waals surface area contributed by atoms with Gasteiger partial charge in [0, 0.05) is 12.1 Å². The van der Waals surface area contributed by atoms with Gasteiger partial charge in [0.15, 0.2) is 10.9 Å². The molecule has 0 saturated heterocycles. The van der Waals surface area contributed by atoms with Crippen molar-refractivity contribution in [3.05, 3.63) is 47.5 Å². The van der Waals surface area contributed by atoms with Crippen molar-refractivity contribution in [3.63, 3.8) is 0 Å². The number of hydrogen-bond donors (Lipinski definition) is 1. The van der Waals surface area contributed by atoms with Gasteiger partial charge in [-0.2, -0.15) is 0 Å². The molecule has 1 heterocycles. The molecule has 1 aromatic carbocycles. The van der Waals surface area contributed by atoms with E-state index in [4.69, 9.17) is 5.73 Å². The van der Waals surface area contributed by atoms with Crippen molar-refractivity contribution in [1.82, 2.24) is 14.8 Å². The summed E-state index contributed by atoms with van der Waals surface area (Å²) in [5, 5.41) is 8.50. The van der Waals surface area contributed by atoms with Gasteiger partial charge in [0.05, 0.1) is 5.75 Å². The number of aryl methyl sites for hydroxylation is 2. The number of thioether (sulfide) groups is 1. The minimum absolute atomic E-state index is 0.103. The second kappa shape index (κ2) is 6.36. The Labute approximate surface area is 133 Å². The van der Waals surface area contributed by atoms with Crippen LogP contribution in [-0.4, -0.2) is 26.3 Å². The SMILES string of the molecule is C=CCn1c(N)nnc1SCC(=O)c1ccc2c(c1)CCC2. The van der Waals surface area contributed by atoms with E-state index in [9.17, 15) is 4.79 Å². The van der Waals surface area contributed by atoms with Crippen molar-refractivity contribution in [2.75, 3.05) is 11.5 Å². The van der Waals surface area contributed by atoms with Gasteiger partial charge < -0.3 is 5.73 Å². The van der Waals surface area contributed by atoms with Crippen molar-refractivity contribution >= 4 is 23.5 Å². The molecule has 0 bridgehead atoms. The molecule has 0 unspecified atom stereocenters. The highest BCUT2D eigenvalue weighted by Gasteiger charge is 2.16. The van der Waals surface area contributed by atoms with Gasteiger partial charge in [-0.1, -0.05) is 30.0 Å². The van der Waals surface area contributed by atoms with E-state index in [2.05, 4.69) is 22.8 Å². The Morgan fingerprint density at radius 3 is 3.00 bits per heavy atom. The van der Waals surface area contributed by atoms with Gasteiger partial charge in [0.25, 0.3) is 0 Å². The lowest BCUT2D eigenvalue weighted by molar-refractivity contribution is 0.102. The van der Waals surface area contributed by atoms with Crippen LogP contribution < -0.4 is 5.73 Å². The summed E-state index contributed by atoms with van der Waals surface area (Å²) in [5.41, 5.74) is 9.22. The number of carbonyl (C=O) groups is 1. The van der Waals surface area contributed by atoms with Gasteiger partial charge in [-0.05, 0) is 36.5 Å².